The Labute approximate surface area is 85.6 Å². The van der Waals surface area contributed by atoms with Crippen molar-refractivity contribution in [1.29, 1.82) is 0 Å². The number of nitro benzene ring substituents is 1. The zero-order valence-electron chi connectivity index (χ0n) is 7.42. The summed E-state index contributed by atoms with van der Waals surface area (Å²) in [7, 11) is 0. The Morgan fingerprint density at radius 3 is 2.31 bits per heavy atom. The van der Waals surface area contributed by atoms with Gasteiger partial charge in [-0.05, 0) is 6.07 Å². The Morgan fingerprint density at radius 1 is 1.31 bits per heavy atom. The lowest BCUT2D eigenvalue weighted by atomic mass is 10.1. The van der Waals surface area contributed by atoms with E-state index < -0.39 is 40.0 Å². The van der Waals surface area contributed by atoms with Crippen LogP contribution in [0.25, 0.3) is 0 Å². The maximum Gasteiger partial charge on any atom is 0.305 e. The summed E-state index contributed by atoms with van der Waals surface area (Å²) < 4.78 is 50.0. The highest BCUT2D eigenvalue weighted by Crippen LogP contribution is 2.24. The minimum atomic E-state index is -3.63. The summed E-state index contributed by atoms with van der Waals surface area (Å²) >= 11 is 0. The number of halogens is 4. The fourth-order valence-electron chi connectivity index (χ4n) is 1.02. The van der Waals surface area contributed by atoms with Crippen molar-refractivity contribution in [3.8, 4) is 0 Å². The molecule has 0 fully saturated rings. The number of carbonyl (C=O) groups excluding carboxylic acids is 1. The highest BCUT2D eigenvalue weighted by Gasteiger charge is 2.30. The Kier molecular flexibility index (Phi) is 3.21. The molecule has 0 aliphatic carbocycles. The molecule has 1 aromatic rings. The van der Waals surface area contributed by atoms with Gasteiger partial charge in [-0.3, -0.25) is 14.9 Å². The standard InChI is InChI=1S/C8H3F4NO3/c9-3-1-2-4(13(15)16)6(10)5(3)7(14)8(11)12/h1-2,8H. The lowest BCUT2D eigenvalue weighted by Crippen LogP contribution is -2.15. The van der Waals surface area contributed by atoms with Gasteiger partial charge in [-0.25, -0.2) is 13.2 Å². The van der Waals surface area contributed by atoms with E-state index in [0.717, 1.165) is 0 Å². The summed E-state index contributed by atoms with van der Waals surface area (Å²) in [6, 6.07) is 0.837. The first-order chi connectivity index (χ1) is 7.36. The molecule has 0 saturated heterocycles. The number of carbonyl (C=O) groups is 1. The van der Waals surface area contributed by atoms with E-state index in [9.17, 15) is 32.5 Å². The van der Waals surface area contributed by atoms with Crippen molar-refractivity contribution in [3.05, 3.63) is 39.4 Å². The monoisotopic (exact) mass is 237 g/mol. The van der Waals surface area contributed by atoms with Crippen molar-refractivity contribution in [3.63, 3.8) is 0 Å². The summed E-state index contributed by atoms with van der Waals surface area (Å²) in [6.45, 7) is 0. The molecule has 0 N–H and O–H groups in total. The van der Waals surface area contributed by atoms with Crippen molar-refractivity contribution in [2.45, 2.75) is 6.43 Å². The van der Waals surface area contributed by atoms with Gasteiger partial charge in [0.1, 0.15) is 11.4 Å². The Morgan fingerprint density at radius 2 is 1.88 bits per heavy atom. The third-order valence-electron chi connectivity index (χ3n) is 1.71. The smallest absolute Gasteiger partial charge is 0.287 e. The van der Waals surface area contributed by atoms with Crippen LogP contribution in [-0.4, -0.2) is 17.1 Å². The molecule has 0 amide bonds. The molecular formula is C8H3F4NO3. The fourth-order valence-corrected chi connectivity index (χ4v) is 1.02. The predicted octanol–water partition coefficient (Wildman–Crippen LogP) is 2.32. The molecule has 0 spiro atoms. The molecule has 0 unspecified atom stereocenters. The minimum Gasteiger partial charge on any atom is -0.287 e. The number of hydrogen-bond acceptors (Lipinski definition) is 3. The van der Waals surface area contributed by atoms with Crippen LogP contribution >= 0.6 is 0 Å². The highest BCUT2D eigenvalue weighted by atomic mass is 19.3. The Hall–Kier alpha value is -1.99. The SMILES string of the molecule is O=C(c1c(F)ccc([N+](=O)[O-])c1F)C(F)F. The summed E-state index contributed by atoms with van der Waals surface area (Å²) in [4.78, 5) is 19.7. The summed E-state index contributed by atoms with van der Waals surface area (Å²) in [6.07, 6.45) is -3.63. The lowest BCUT2D eigenvalue weighted by Gasteiger charge is -2.03. The van der Waals surface area contributed by atoms with Crippen molar-refractivity contribution in [2.75, 3.05) is 0 Å². The maximum absolute atomic E-state index is 13.2. The molecule has 0 heterocycles. The summed E-state index contributed by atoms with van der Waals surface area (Å²) in [5.74, 6) is -5.58. The van der Waals surface area contributed by atoms with E-state index in [2.05, 4.69) is 0 Å². The normalized spacial score (nSPS) is 10.6. The second kappa shape index (κ2) is 4.25. The van der Waals surface area contributed by atoms with E-state index in [-0.39, 0.29) is 0 Å². The van der Waals surface area contributed by atoms with Gasteiger partial charge in [-0.1, -0.05) is 0 Å². The van der Waals surface area contributed by atoms with Crippen molar-refractivity contribution in [2.24, 2.45) is 0 Å². The molecule has 4 nitrogen and oxygen atoms in total. The average Bonchev–Trinajstić information content (AvgIpc) is 2.16. The fraction of sp³-hybridized carbons (Fsp3) is 0.125. The average molecular weight is 237 g/mol. The van der Waals surface area contributed by atoms with Crippen LogP contribution in [0.2, 0.25) is 0 Å². The van der Waals surface area contributed by atoms with E-state index in [1.165, 1.54) is 0 Å². The quantitative estimate of drug-likeness (QED) is 0.351. The van der Waals surface area contributed by atoms with Crippen molar-refractivity contribution in [1.82, 2.24) is 0 Å². The topological polar surface area (TPSA) is 60.2 Å². The van der Waals surface area contributed by atoms with Gasteiger partial charge in [0, 0.05) is 6.07 Å². The minimum absolute atomic E-state index is 0.386. The second-order valence-corrected chi connectivity index (χ2v) is 2.68. The second-order valence-electron chi connectivity index (χ2n) is 2.68. The first kappa shape index (κ1) is 12.1. The molecule has 0 aliphatic heterocycles. The molecule has 0 aliphatic rings. The van der Waals surface area contributed by atoms with Crippen LogP contribution in [0, 0.1) is 21.7 Å². The number of hydrogen-bond donors (Lipinski definition) is 0. The van der Waals surface area contributed by atoms with Crippen LogP contribution in [0.3, 0.4) is 0 Å². The van der Waals surface area contributed by atoms with Gasteiger partial charge in [0.15, 0.2) is 0 Å². The highest BCUT2D eigenvalue weighted by molar-refractivity contribution is 5.99. The molecule has 0 atom stereocenters. The first-order valence-electron chi connectivity index (χ1n) is 3.81. The van der Waals surface area contributed by atoms with Crippen LogP contribution in [-0.2, 0) is 0 Å². The summed E-state index contributed by atoms with van der Waals surface area (Å²) in [5.41, 5.74) is -2.82. The molecule has 0 aromatic heterocycles. The van der Waals surface area contributed by atoms with E-state index in [1.807, 2.05) is 0 Å². The Balaban J connectivity index is 3.43. The van der Waals surface area contributed by atoms with Gasteiger partial charge >= 0.3 is 12.1 Å². The largest absolute Gasteiger partial charge is 0.305 e. The molecule has 0 bridgehead atoms. The third kappa shape index (κ3) is 2.00. The predicted molar refractivity (Wildman–Crippen MR) is 43.3 cm³/mol. The van der Waals surface area contributed by atoms with Crippen molar-refractivity contribution >= 4 is 11.5 Å². The number of nitro groups is 1. The van der Waals surface area contributed by atoms with Gasteiger partial charge in [0.25, 0.3) is 0 Å². The Bertz CT molecular complexity index is 461. The number of benzene rings is 1. The molecule has 1 rings (SSSR count). The van der Waals surface area contributed by atoms with Crippen LogP contribution in [0.5, 0.6) is 0 Å². The zero-order valence-corrected chi connectivity index (χ0v) is 7.42. The number of rotatable bonds is 3. The van der Waals surface area contributed by atoms with Gasteiger partial charge in [0.2, 0.25) is 11.6 Å². The van der Waals surface area contributed by atoms with Crippen LogP contribution in [0.15, 0.2) is 12.1 Å². The molecule has 8 heteroatoms. The van der Waals surface area contributed by atoms with Gasteiger partial charge in [-0.15, -0.1) is 0 Å². The molecule has 86 valence electrons. The third-order valence-corrected chi connectivity index (χ3v) is 1.71. The zero-order chi connectivity index (χ0) is 12.5. The number of nitrogens with zero attached hydrogens (tertiary/aromatic N) is 1. The molecular weight excluding hydrogens is 234 g/mol. The molecule has 16 heavy (non-hydrogen) atoms. The van der Waals surface area contributed by atoms with E-state index in [0.29, 0.717) is 12.1 Å². The van der Waals surface area contributed by atoms with Gasteiger partial charge < -0.3 is 0 Å². The van der Waals surface area contributed by atoms with Gasteiger partial charge in [0.05, 0.1) is 4.92 Å². The van der Waals surface area contributed by atoms with Crippen LogP contribution in [0.1, 0.15) is 10.4 Å². The van der Waals surface area contributed by atoms with E-state index in [1.54, 1.807) is 0 Å². The summed E-state index contributed by atoms with van der Waals surface area (Å²) in [5, 5.41) is 10.2. The first-order valence-corrected chi connectivity index (χ1v) is 3.81. The number of ketones is 1. The van der Waals surface area contributed by atoms with Gasteiger partial charge in [-0.2, -0.15) is 4.39 Å². The maximum atomic E-state index is 13.2. The van der Waals surface area contributed by atoms with Crippen LogP contribution < -0.4 is 0 Å². The molecule has 1 aromatic carbocycles. The van der Waals surface area contributed by atoms with E-state index in [4.69, 9.17) is 0 Å². The number of alkyl halides is 2. The lowest BCUT2D eigenvalue weighted by molar-refractivity contribution is -0.387. The van der Waals surface area contributed by atoms with Crippen molar-refractivity contribution < 1.29 is 27.3 Å². The van der Waals surface area contributed by atoms with Crippen LogP contribution in [0.4, 0.5) is 23.2 Å². The van der Waals surface area contributed by atoms with E-state index >= 15 is 0 Å². The molecule has 0 radical (unpaired) electrons. The number of Topliss-reactive ketones (excluding diaryl/α,β-unsaturated/α-hetero) is 1. The molecule has 0 saturated carbocycles.